The van der Waals surface area contributed by atoms with Crippen LogP contribution in [0.5, 0.6) is 0 Å². The molecule has 178 valence electrons. The summed E-state index contributed by atoms with van der Waals surface area (Å²) in [6.45, 7) is 5.98. The molecule has 2 amide bonds. The number of hydrogen-bond acceptors (Lipinski definition) is 8. The highest BCUT2D eigenvalue weighted by Gasteiger charge is 2.36. The zero-order valence-corrected chi connectivity index (χ0v) is 19.7. The lowest BCUT2D eigenvalue weighted by Crippen LogP contribution is -2.28. The summed E-state index contributed by atoms with van der Waals surface area (Å²) in [7, 11) is 0. The highest BCUT2D eigenvalue weighted by Crippen LogP contribution is 2.31. The van der Waals surface area contributed by atoms with Crippen molar-refractivity contribution in [3.8, 4) is 0 Å². The van der Waals surface area contributed by atoms with Crippen molar-refractivity contribution in [1.29, 1.82) is 0 Å². The molecule has 0 aromatic carbocycles. The van der Waals surface area contributed by atoms with Gasteiger partial charge in [-0.3, -0.25) is 14.4 Å². The van der Waals surface area contributed by atoms with E-state index >= 15 is 0 Å². The maximum Gasteiger partial charge on any atom is 0.341 e. The fourth-order valence-electron chi connectivity index (χ4n) is 3.59. The molecule has 1 atom stereocenters. The predicted octanol–water partition coefficient (Wildman–Crippen LogP) is 3.25. The Hall–Kier alpha value is -3.14. The third-order valence-corrected chi connectivity index (χ3v) is 5.99. The molecule has 0 spiro atoms. The molecule has 3 heterocycles. The van der Waals surface area contributed by atoms with E-state index in [0.717, 1.165) is 5.56 Å². The number of likely N-dealkylation sites (tertiary alicyclic amines) is 1. The maximum atomic E-state index is 12.4. The Morgan fingerprint density at radius 3 is 2.76 bits per heavy atom. The van der Waals surface area contributed by atoms with Crippen molar-refractivity contribution in [2.75, 3.05) is 25.1 Å². The molecule has 9 nitrogen and oxygen atoms in total. The van der Waals surface area contributed by atoms with Crippen LogP contribution in [0.4, 0.5) is 5.00 Å². The largest absolute Gasteiger partial charge is 0.467 e. The minimum atomic E-state index is -0.644. The van der Waals surface area contributed by atoms with Gasteiger partial charge in [-0.05, 0) is 42.3 Å². The van der Waals surface area contributed by atoms with Crippen LogP contribution >= 0.6 is 11.3 Å². The normalized spacial score (nSPS) is 15.7. The highest BCUT2D eigenvalue weighted by molar-refractivity contribution is 7.15. The number of carbonyl (C=O) groups is 4. The van der Waals surface area contributed by atoms with Crippen molar-refractivity contribution in [2.24, 2.45) is 11.8 Å². The first-order valence-corrected chi connectivity index (χ1v) is 11.7. The number of nitrogens with zero attached hydrogens (tertiary/aromatic N) is 1. The third-order valence-electron chi connectivity index (χ3n) is 5.05. The van der Waals surface area contributed by atoms with E-state index < -0.39 is 30.4 Å². The van der Waals surface area contributed by atoms with Crippen LogP contribution in [-0.2, 0) is 36.8 Å². The molecule has 10 heteroatoms. The minimum Gasteiger partial charge on any atom is -0.467 e. The van der Waals surface area contributed by atoms with Gasteiger partial charge < -0.3 is 24.1 Å². The van der Waals surface area contributed by atoms with Gasteiger partial charge in [0, 0.05) is 13.0 Å². The summed E-state index contributed by atoms with van der Waals surface area (Å²) in [6.07, 6.45) is 2.21. The van der Waals surface area contributed by atoms with Crippen molar-refractivity contribution in [2.45, 2.75) is 40.2 Å². The monoisotopic (exact) mass is 476 g/mol. The quantitative estimate of drug-likeness (QED) is 0.524. The van der Waals surface area contributed by atoms with Gasteiger partial charge in [-0.1, -0.05) is 13.8 Å². The van der Waals surface area contributed by atoms with Gasteiger partial charge in [0.25, 0.3) is 5.91 Å². The van der Waals surface area contributed by atoms with E-state index in [2.05, 4.69) is 5.32 Å². The van der Waals surface area contributed by atoms with Crippen LogP contribution in [0.2, 0.25) is 0 Å². The van der Waals surface area contributed by atoms with Crippen molar-refractivity contribution in [3.63, 3.8) is 0 Å². The molecule has 2 aromatic rings. The lowest BCUT2D eigenvalue weighted by atomic mass is 10.0. The summed E-state index contributed by atoms with van der Waals surface area (Å²) in [5.41, 5.74) is 1.15. The number of ether oxygens (including phenoxy) is 2. The first-order valence-electron chi connectivity index (χ1n) is 10.8. The zero-order chi connectivity index (χ0) is 24.0. The molecule has 1 fully saturated rings. The Morgan fingerprint density at radius 1 is 1.30 bits per heavy atom. The van der Waals surface area contributed by atoms with E-state index in [4.69, 9.17) is 13.9 Å². The van der Waals surface area contributed by atoms with Crippen LogP contribution in [0.15, 0.2) is 28.2 Å². The van der Waals surface area contributed by atoms with Crippen LogP contribution in [-0.4, -0.2) is 48.4 Å². The first-order chi connectivity index (χ1) is 15.8. The maximum absolute atomic E-state index is 12.4. The number of nitrogens with one attached hydrogen (secondary N) is 1. The van der Waals surface area contributed by atoms with Crippen LogP contribution in [0.1, 0.15) is 48.9 Å². The average Bonchev–Trinajstić information content (AvgIpc) is 3.48. The molecule has 1 saturated heterocycles. The van der Waals surface area contributed by atoms with Crippen LogP contribution < -0.4 is 5.32 Å². The van der Waals surface area contributed by atoms with Gasteiger partial charge in [-0.15, -0.1) is 11.3 Å². The number of thiophene rings is 1. The van der Waals surface area contributed by atoms with Crippen molar-refractivity contribution in [3.05, 3.63) is 40.7 Å². The van der Waals surface area contributed by atoms with Crippen molar-refractivity contribution in [1.82, 2.24) is 4.90 Å². The zero-order valence-electron chi connectivity index (χ0n) is 18.9. The number of furan rings is 1. The molecular weight excluding hydrogens is 448 g/mol. The SMILES string of the molecule is CCOC(=O)c1c(CC(C)C)csc1NC(=O)COC(=O)C1CC(=O)N(Cc2ccco2)C1. The second-order valence-corrected chi connectivity index (χ2v) is 9.07. The molecule has 0 bridgehead atoms. The summed E-state index contributed by atoms with van der Waals surface area (Å²) >= 11 is 1.23. The van der Waals surface area contributed by atoms with E-state index in [1.54, 1.807) is 19.1 Å². The van der Waals surface area contributed by atoms with E-state index in [0.29, 0.717) is 28.7 Å². The molecular formula is C23H28N2O7S. The molecule has 1 aliphatic heterocycles. The third kappa shape index (κ3) is 6.44. The van der Waals surface area contributed by atoms with Gasteiger partial charge in [0.05, 0.1) is 30.9 Å². The summed E-state index contributed by atoms with van der Waals surface area (Å²) < 4.78 is 15.5. The predicted molar refractivity (Wildman–Crippen MR) is 121 cm³/mol. The summed E-state index contributed by atoms with van der Waals surface area (Å²) in [5, 5.41) is 4.84. The summed E-state index contributed by atoms with van der Waals surface area (Å²) in [5.74, 6) is -1.55. The Labute approximate surface area is 196 Å². The standard InChI is InChI=1S/C23H28N2O7S/c1-4-30-23(29)20-16(8-14(2)3)13-33-21(20)24-18(26)12-32-22(28)15-9-19(27)25(10-15)11-17-6-5-7-31-17/h5-7,13-15H,4,8-12H2,1-3H3,(H,24,26). The Morgan fingerprint density at radius 2 is 2.09 bits per heavy atom. The van der Waals surface area contributed by atoms with Gasteiger partial charge in [0.15, 0.2) is 6.61 Å². The van der Waals surface area contributed by atoms with Gasteiger partial charge in [-0.2, -0.15) is 0 Å². The Kier molecular flexibility index (Phi) is 8.26. The number of hydrogen-bond donors (Lipinski definition) is 1. The lowest BCUT2D eigenvalue weighted by Gasteiger charge is -2.14. The van der Waals surface area contributed by atoms with Crippen LogP contribution in [0.3, 0.4) is 0 Å². The van der Waals surface area contributed by atoms with Gasteiger partial charge in [0.2, 0.25) is 5.91 Å². The summed E-state index contributed by atoms with van der Waals surface area (Å²) in [4.78, 5) is 51.0. The molecule has 33 heavy (non-hydrogen) atoms. The molecule has 0 radical (unpaired) electrons. The fraction of sp³-hybridized carbons (Fsp3) is 0.478. The van der Waals surface area contributed by atoms with E-state index in [9.17, 15) is 19.2 Å². The number of anilines is 1. The molecule has 1 N–H and O–H groups in total. The van der Waals surface area contributed by atoms with E-state index in [1.807, 2.05) is 19.2 Å². The molecule has 0 saturated carbocycles. The number of amides is 2. The highest BCUT2D eigenvalue weighted by atomic mass is 32.1. The molecule has 3 rings (SSSR count). The minimum absolute atomic E-state index is 0.0255. The fourth-order valence-corrected chi connectivity index (χ4v) is 4.57. The molecule has 0 aliphatic carbocycles. The van der Waals surface area contributed by atoms with Gasteiger partial charge >= 0.3 is 11.9 Å². The van der Waals surface area contributed by atoms with E-state index in [-0.39, 0.29) is 32.0 Å². The van der Waals surface area contributed by atoms with Crippen molar-refractivity contribution < 1.29 is 33.1 Å². The molecule has 2 aromatic heterocycles. The number of esters is 2. The average molecular weight is 477 g/mol. The molecule has 1 aliphatic rings. The number of rotatable bonds is 10. The Bertz CT molecular complexity index is 997. The smallest absolute Gasteiger partial charge is 0.341 e. The van der Waals surface area contributed by atoms with Crippen LogP contribution in [0, 0.1) is 11.8 Å². The second-order valence-electron chi connectivity index (χ2n) is 8.19. The summed E-state index contributed by atoms with van der Waals surface area (Å²) in [6, 6.07) is 3.48. The number of carbonyl (C=O) groups excluding carboxylic acids is 4. The van der Waals surface area contributed by atoms with Gasteiger partial charge in [0.1, 0.15) is 10.8 Å². The van der Waals surface area contributed by atoms with Crippen molar-refractivity contribution >= 4 is 40.1 Å². The Balaban J connectivity index is 1.55. The molecule has 1 unspecified atom stereocenters. The lowest BCUT2D eigenvalue weighted by molar-refractivity contribution is -0.151. The topological polar surface area (TPSA) is 115 Å². The first kappa shape index (κ1) is 24.5. The van der Waals surface area contributed by atoms with E-state index in [1.165, 1.54) is 22.5 Å². The second kappa shape index (κ2) is 11.1. The van der Waals surface area contributed by atoms with Gasteiger partial charge in [-0.25, -0.2) is 4.79 Å². The van der Waals surface area contributed by atoms with Crippen LogP contribution in [0.25, 0.3) is 0 Å².